The number of hydrogen-bond donors (Lipinski definition) is 0. The fourth-order valence-corrected chi connectivity index (χ4v) is 3.28. The second-order valence-electron chi connectivity index (χ2n) is 6.12. The highest BCUT2D eigenvalue weighted by molar-refractivity contribution is 5.91. The molecule has 1 aliphatic rings. The van der Waals surface area contributed by atoms with Gasteiger partial charge < -0.3 is 0 Å². The first-order valence-corrected chi connectivity index (χ1v) is 6.37. The van der Waals surface area contributed by atoms with Gasteiger partial charge in [-0.15, -0.1) is 10.3 Å². The van der Waals surface area contributed by atoms with Crippen LogP contribution in [0.25, 0.3) is 10.8 Å². The average Bonchev–Trinajstić information content (AvgIpc) is 2.34. The Morgan fingerprint density at radius 3 is 1.72 bits per heavy atom. The van der Waals surface area contributed by atoms with E-state index in [1.54, 1.807) is 0 Å². The summed E-state index contributed by atoms with van der Waals surface area (Å²) in [5, 5.41) is 16.4. The van der Waals surface area contributed by atoms with E-state index in [9.17, 15) is 5.21 Å². The van der Waals surface area contributed by atoms with E-state index in [1.165, 1.54) is 15.8 Å². The molecule has 0 fully saturated rings. The van der Waals surface area contributed by atoms with Gasteiger partial charge >= 0.3 is 0 Å². The lowest BCUT2D eigenvalue weighted by atomic mass is 9.75. The third kappa shape index (κ3) is 1.25. The molecule has 0 N–H and O–H groups in total. The molecular formula is C16H18NO. The SMILES string of the molecule is CC1(C)c2cccc3cccc(c23)C(C)(C)N1[O]. The summed E-state index contributed by atoms with van der Waals surface area (Å²) in [5.41, 5.74) is 1.28. The van der Waals surface area contributed by atoms with Crippen LogP contribution in [0.4, 0.5) is 0 Å². The molecule has 1 aliphatic heterocycles. The summed E-state index contributed by atoms with van der Waals surface area (Å²) in [6.07, 6.45) is 0. The fraction of sp³-hybridized carbons (Fsp3) is 0.375. The molecule has 1 radical (unpaired) electrons. The van der Waals surface area contributed by atoms with E-state index < -0.39 is 11.1 Å². The standard InChI is InChI=1S/C16H18NO/c1-15(2)12-9-5-7-11-8-6-10-13(14(11)12)16(3,4)17(15)18/h5-10H,1-4H3. The molecule has 0 aromatic heterocycles. The van der Waals surface area contributed by atoms with Gasteiger partial charge in [-0.3, -0.25) is 0 Å². The second kappa shape index (κ2) is 3.34. The number of hydroxylamine groups is 2. The Morgan fingerprint density at radius 2 is 1.28 bits per heavy atom. The van der Waals surface area contributed by atoms with Crippen molar-refractivity contribution in [3.8, 4) is 0 Å². The van der Waals surface area contributed by atoms with Gasteiger partial charge in [0.15, 0.2) is 0 Å². The van der Waals surface area contributed by atoms with E-state index in [4.69, 9.17) is 0 Å². The molecule has 3 rings (SSSR count). The Bertz CT molecular complexity index is 577. The molecule has 1 heterocycles. The summed E-state index contributed by atoms with van der Waals surface area (Å²) in [6.45, 7) is 8.03. The smallest absolute Gasteiger partial charge is 0.0701 e. The Balaban J connectivity index is 2.52. The molecule has 2 aromatic carbocycles. The van der Waals surface area contributed by atoms with Crippen LogP contribution in [0, 0.1) is 0 Å². The first kappa shape index (κ1) is 11.7. The molecule has 0 amide bonds. The highest BCUT2D eigenvalue weighted by Gasteiger charge is 2.46. The first-order valence-electron chi connectivity index (χ1n) is 6.37. The van der Waals surface area contributed by atoms with E-state index in [2.05, 4.69) is 24.3 Å². The lowest BCUT2D eigenvalue weighted by Gasteiger charge is -2.47. The maximum absolute atomic E-state index is 12.7. The van der Waals surface area contributed by atoms with Gasteiger partial charge in [0.2, 0.25) is 0 Å². The van der Waals surface area contributed by atoms with Crippen molar-refractivity contribution < 1.29 is 5.21 Å². The maximum Gasteiger partial charge on any atom is 0.0701 e. The van der Waals surface area contributed by atoms with Crippen LogP contribution < -0.4 is 0 Å². The molecule has 0 atom stereocenters. The summed E-state index contributed by atoms with van der Waals surface area (Å²) in [5.74, 6) is 0. The van der Waals surface area contributed by atoms with Gasteiger partial charge in [0.25, 0.3) is 0 Å². The minimum atomic E-state index is -0.489. The molecule has 0 spiro atoms. The van der Waals surface area contributed by atoms with Crippen LogP contribution in [-0.2, 0) is 16.3 Å². The van der Waals surface area contributed by atoms with Crippen LogP contribution >= 0.6 is 0 Å². The molecule has 2 heteroatoms. The van der Waals surface area contributed by atoms with Crippen LogP contribution in [0.5, 0.6) is 0 Å². The highest BCUT2D eigenvalue weighted by Crippen LogP contribution is 2.47. The summed E-state index contributed by atoms with van der Waals surface area (Å²) in [4.78, 5) is 0. The van der Waals surface area contributed by atoms with Crippen molar-refractivity contribution in [1.82, 2.24) is 5.06 Å². The van der Waals surface area contributed by atoms with Crippen LogP contribution in [-0.4, -0.2) is 5.06 Å². The number of nitrogens with zero attached hydrogens (tertiary/aromatic N) is 1. The predicted octanol–water partition coefficient (Wildman–Crippen LogP) is 3.97. The van der Waals surface area contributed by atoms with E-state index in [0.717, 1.165) is 11.1 Å². The van der Waals surface area contributed by atoms with Gasteiger partial charge in [0.05, 0.1) is 11.1 Å². The normalized spacial score (nSPS) is 21.2. The third-order valence-corrected chi connectivity index (χ3v) is 4.24. The first-order chi connectivity index (χ1) is 8.37. The highest BCUT2D eigenvalue weighted by atomic mass is 16.5. The molecule has 2 nitrogen and oxygen atoms in total. The van der Waals surface area contributed by atoms with Gasteiger partial charge in [0, 0.05) is 0 Å². The zero-order valence-corrected chi connectivity index (χ0v) is 11.3. The summed E-state index contributed by atoms with van der Waals surface area (Å²) in [7, 11) is 0. The molecular weight excluding hydrogens is 222 g/mol. The van der Waals surface area contributed by atoms with Gasteiger partial charge in [-0.25, -0.2) is 0 Å². The van der Waals surface area contributed by atoms with Gasteiger partial charge in [-0.2, -0.15) is 0 Å². The molecule has 0 saturated carbocycles. The monoisotopic (exact) mass is 240 g/mol. The molecule has 93 valence electrons. The lowest BCUT2D eigenvalue weighted by molar-refractivity contribution is -0.281. The zero-order valence-electron chi connectivity index (χ0n) is 11.3. The van der Waals surface area contributed by atoms with E-state index >= 15 is 0 Å². The van der Waals surface area contributed by atoms with Crippen molar-refractivity contribution in [2.24, 2.45) is 0 Å². The second-order valence-corrected chi connectivity index (χ2v) is 6.12. The minimum Gasteiger partial charge on any atom is -0.135 e. The largest absolute Gasteiger partial charge is 0.135 e. The lowest BCUT2D eigenvalue weighted by Crippen LogP contribution is -2.52. The Hall–Kier alpha value is -1.38. The Morgan fingerprint density at radius 1 is 0.833 bits per heavy atom. The zero-order chi connectivity index (χ0) is 13.1. The van der Waals surface area contributed by atoms with Crippen molar-refractivity contribution in [3.05, 3.63) is 47.5 Å². The van der Waals surface area contributed by atoms with E-state index in [1.807, 2.05) is 39.8 Å². The summed E-state index contributed by atoms with van der Waals surface area (Å²) < 4.78 is 0. The van der Waals surface area contributed by atoms with Crippen molar-refractivity contribution >= 4 is 10.8 Å². The molecule has 0 bridgehead atoms. The minimum absolute atomic E-state index is 0.489. The Kier molecular flexibility index (Phi) is 2.17. The quantitative estimate of drug-likeness (QED) is 0.683. The van der Waals surface area contributed by atoms with Gasteiger partial charge in [0.1, 0.15) is 0 Å². The summed E-state index contributed by atoms with van der Waals surface area (Å²) >= 11 is 0. The molecule has 0 saturated heterocycles. The van der Waals surface area contributed by atoms with Crippen LogP contribution in [0.2, 0.25) is 0 Å². The van der Waals surface area contributed by atoms with Crippen LogP contribution in [0.15, 0.2) is 36.4 Å². The number of benzene rings is 2. The Labute approximate surface area is 108 Å². The van der Waals surface area contributed by atoms with Crippen LogP contribution in [0.3, 0.4) is 0 Å². The van der Waals surface area contributed by atoms with E-state index in [-0.39, 0.29) is 0 Å². The molecule has 0 unspecified atom stereocenters. The predicted molar refractivity (Wildman–Crippen MR) is 72.5 cm³/mol. The van der Waals surface area contributed by atoms with Crippen molar-refractivity contribution in [2.75, 3.05) is 0 Å². The topological polar surface area (TPSA) is 23.1 Å². The van der Waals surface area contributed by atoms with Crippen molar-refractivity contribution in [3.63, 3.8) is 0 Å². The number of hydrogen-bond acceptors (Lipinski definition) is 1. The van der Waals surface area contributed by atoms with Gasteiger partial charge in [-0.05, 0) is 49.6 Å². The number of rotatable bonds is 0. The molecule has 2 aromatic rings. The summed E-state index contributed by atoms with van der Waals surface area (Å²) in [6, 6.07) is 12.5. The molecule has 18 heavy (non-hydrogen) atoms. The third-order valence-electron chi connectivity index (χ3n) is 4.24. The average molecular weight is 240 g/mol. The van der Waals surface area contributed by atoms with Gasteiger partial charge in [-0.1, -0.05) is 36.4 Å². The van der Waals surface area contributed by atoms with Crippen molar-refractivity contribution in [2.45, 2.75) is 38.8 Å². The molecule has 0 aliphatic carbocycles. The van der Waals surface area contributed by atoms with Crippen molar-refractivity contribution in [1.29, 1.82) is 0 Å². The van der Waals surface area contributed by atoms with Crippen LogP contribution in [0.1, 0.15) is 38.8 Å². The maximum atomic E-state index is 12.7. The fourth-order valence-electron chi connectivity index (χ4n) is 3.28. The van der Waals surface area contributed by atoms with E-state index in [0.29, 0.717) is 0 Å².